The number of ether oxygens (including phenoxy) is 1. The lowest BCUT2D eigenvalue weighted by atomic mass is 10.0. The van der Waals surface area contributed by atoms with Gasteiger partial charge in [-0.05, 0) is 89.9 Å². The minimum atomic E-state index is -0.679. The molecule has 0 saturated carbocycles. The molecule has 0 aromatic carbocycles. The fraction of sp³-hybridized carbons (Fsp3) is 0.837. The van der Waals surface area contributed by atoms with Gasteiger partial charge in [0.1, 0.15) is 0 Å². The zero-order valence-corrected chi connectivity index (χ0v) is 36.4. The number of aliphatic hydroxyl groups is 2. The number of esters is 1. The van der Waals surface area contributed by atoms with Crippen molar-refractivity contribution >= 4 is 11.9 Å². The van der Waals surface area contributed by atoms with Gasteiger partial charge in [0.05, 0.1) is 25.4 Å². The molecule has 0 aliphatic heterocycles. The van der Waals surface area contributed by atoms with E-state index in [1.807, 2.05) is 0 Å². The summed E-state index contributed by atoms with van der Waals surface area (Å²) in [6.07, 6.45) is 52.5. The van der Waals surface area contributed by atoms with Gasteiger partial charge in [-0.3, -0.25) is 9.59 Å². The van der Waals surface area contributed by atoms with E-state index in [9.17, 15) is 19.8 Å². The number of hydrogen-bond acceptors (Lipinski definition) is 5. The van der Waals surface area contributed by atoms with Crippen molar-refractivity contribution in [2.45, 2.75) is 251 Å². The van der Waals surface area contributed by atoms with E-state index in [1.165, 1.54) is 116 Å². The molecule has 0 bridgehead atoms. The normalized spacial score (nSPS) is 13.0. The number of unbranched alkanes of at least 4 members (excludes halogenated alkanes) is 26. The van der Waals surface area contributed by atoms with Gasteiger partial charge in [-0.15, -0.1) is 0 Å². The molecule has 0 aromatic rings. The minimum Gasteiger partial charge on any atom is -0.466 e. The zero-order chi connectivity index (χ0) is 40.1. The van der Waals surface area contributed by atoms with Crippen molar-refractivity contribution in [2.24, 2.45) is 0 Å². The van der Waals surface area contributed by atoms with Gasteiger partial charge in [0, 0.05) is 12.8 Å². The summed E-state index contributed by atoms with van der Waals surface area (Å²) in [5.74, 6) is -0.102. The lowest BCUT2D eigenvalue weighted by Gasteiger charge is -2.22. The summed E-state index contributed by atoms with van der Waals surface area (Å²) in [5, 5.41) is 23.0. The number of allylic oxidation sites excluding steroid dienone is 6. The van der Waals surface area contributed by atoms with Crippen LogP contribution in [0.4, 0.5) is 0 Å². The largest absolute Gasteiger partial charge is 0.466 e. The van der Waals surface area contributed by atoms with Crippen molar-refractivity contribution in [1.29, 1.82) is 0 Å². The standard InChI is InChI=1S/C49H91NO5/c1-3-5-7-9-11-13-15-16-17-18-19-23-27-31-35-39-43-49(54)55-44-40-36-32-28-24-21-20-22-26-30-34-38-42-48(53)50-46(45-51)47(52)41-37-33-29-25-14-12-10-8-6-4-2/h13,15,17-18,21,24,46-47,51-52H,3-12,14,16,19-20,22-23,25-45H2,1-2H3,(H,50,53)/b15-13-,18-17-,24-21-. The second-order valence-corrected chi connectivity index (χ2v) is 16.1. The molecule has 3 N–H and O–H groups in total. The Morgan fingerprint density at radius 2 is 0.909 bits per heavy atom. The molecule has 55 heavy (non-hydrogen) atoms. The Kier molecular flexibility index (Phi) is 43.2. The van der Waals surface area contributed by atoms with Crippen LogP contribution in [0.5, 0.6) is 0 Å². The van der Waals surface area contributed by atoms with Crippen LogP contribution in [0.3, 0.4) is 0 Å². The predicted molar refractivity (Wildman–Crippen MR) is 236 cm³/mol. The molecule has 2 atom stereocenters. The second kappa shape index (κ2) is 44.8. The topological polar surface area (TPSA) is 95.9 Å². The van der Waals surface area contributed by atoms with E-state index in [2.05, 4.69) is 55.6 Å². The number of hydrogen-bond donors (Lipinski definition) is 3. The van der Waals surface area contributed by atoms with E-state index in [1.54, 1.807) is 0 Å². The maximum Gasteiger partial charge on any atom is 0.305 e. The molecule has 2 unspecified atom stereocenters. The summed E-state index contributed by atoms with van der Waals surface area (Å²) in [6.45, 7) is 4.84. The van der Waals surface area contributed by atoms with Gasteiger partial charge < -0.3 is 20.3 Å². The Labute approximate surface area is 341 Å². The molecular formula is C49H91NO5. The van der Waals surface area contributed by atoms with Crippen molar-refractivity contribution in [2.75, 3.05) is 13.2 Å². The molecule has 0 saturated heterocycles. The molecule has 0 aliphatic carbocycles. The van der Waals surface area contributed by atoms with Gasteiger partial charge in [0.2, 0.25) is 5.91 Å². The summed E-state index contributed by atoms with van der Waals surface area (Å²) < 4.78 is 5.43. The molecule has 0 spiro atoms. The van der Waals surface area contributed by atoms with Gasteiger partial charge >= 0.3 is 5.97 Å². The van der Waals surface area contributed by atoms with E-state index in [-0.39, 0.29) is 18.5 Å². The Balaban J connectivity index is 3.52. The molecule has 0 radical (unpaired) electrons. The maximum absolute atomic E-state index is 12.4. The Hall–Kier alpha value is -1.92. The SMILES string of the molecule is CCCCCC/C=C\C/C=C\CCCCCCCC(=O)OCCCCC/C=C\CCCCCCCC(=O)NC(CO)C(O)CCCCCCCCCCCC. The van der Waals surface area contributed by atoms with Crippen LogP contribution >= 0.6 is 0 Å². The first-order chi connectivity index (χ1) is 27.0. The minimum absolute atomic E-state index is 0.0373. The van der Waals surface area contributed by atoms with E-state index < -0.39 is 12.1 Å². The van der Waals surface area contributed by atoms with Crippen molar-refractivity contribution in [1.82, 2.24) is 5.32 Å². The molecule has 6 heteroatoms. The van der Waals surface area contributed by atoms with Gasteiger partial charge in [-0.25, -0.2) is 0 Å². The van der Waals surface area contributed by atoms with Crippen LogP contribution in [0, 0.1) is 0 Å². The molecule has 0 aliphatic rings. The molecule has 1 amide bonds. The monoisotopic (exact) mass is 774 g/mol. The van der Waals surface area contributed by atoms with Crippen molar-refractivity contribution in [3.8, 4) is 0 Å². The number of carbonyl (C=O) groups excluding carboxylic acids is 2. The average Bonchev–Trinajstić information content (AvgIpc) is 3.18. The fourth-order valence-electron chi connectivity index (χ4n) is 6.96. The molecule has 6 nitrogen and oxygen atoms in total. The number of amides is 1. The summed E-state index contributed by atoms with van der Waals surface area (Å²) in [4.78, 5) is 24.4. The second-order valence-electron chi connectivity index (χ2n) is 16.1. The molecule has 0 fully saturated rings. The summed E-state index contributed by atoms with van der Waals surface area (Å²) in [5.41, 5.74) is 0. The first kappa shape index (κ1) is 53.1. The number of aliphatic hydroxyl groups excluding tert-OH is 2. The molecule has 0 aromatic heterocycles. The summed E-state index contributed by atoms with van der Waals surface area (Å²) >= 11 is 0. The lowest BCUT2D eigenvalue weighted by molar-refractivity contribution is -0.143. The Morgan fingerprint density at radius 3 is 1.42 bits per heavy atom. The van der Waals surface area contributed by atoms with E-state index in [0.717, 1.165) is 89.9 Å². The lowest BCUT2D eigenvalue weighted by Crippen LogP contribution is -2.45. The van der Waals surface area contributed by atoms with Crippen LogP contribution in [0.2, 0.25) is 0 Å². The van der Waals surface area contributed by atoms with Gasteiger partial charge in [0.15, 0.2) is 0 Å². The van der Waals surface area contributed by atoms with Crippen molar-refractivity contribution in [3.63, 3.8) is 0 Å². The maximum atomic E-state index is 12.4. The van der Waals surface area contributed by atoms with Gasteiger partial charge in [0.25, 0.3) is 0 Å². The number of rotatable bonds is 43. The highest BCUT2D eigenvalue weighted by molar-refractivity contribution is 5.76. The molecule has 322 valence electrons. The van der Waals surface area contributed by atoms with Gasteiger partial charge in [-0.2, -0.15) is 0 Å². The predicted octanol–water partition coefficient (Wildman–Crippen LogP) is 13.7. The first-order valence-electron chi connectivity index (χ1n) is 23.7. The highest BCUT2D eigenvalue weighted by atomic mass is 16.5. The Morgan fingerprint density at radius 1 is 0.509 bits per heavy atom. The molecule has 0 rings (SSSR count). The van der Waals surface area contributed by atoms with E-state index in [0.29, 0.717) is 25.9 Å². The van der Waals surface area contributed by atoms with Crippen LogP contribution in [0.25, 0.3) is 0 Å². The average molecular weight is 774 g/mol. The summed E-state index contributed by atoms with van der Waals surface area (Å²) in [7, 11) is 0. The third-order valence-electron chi connectivity index (χ3n) is 10.7. The van der Waals surface area contributed by atoms with Crippen molar-refractivity contribution < 1.29 is 24.5 Å². The third kappa shape index (κ3) is 41.5. The van der Waals surface area contributed by atoms with Crippen molar-refractivity contribution in [3.05, 3.63) is 36.5 Å². The summed E-state index contributed by atoms with van der Waals surface area (Å²) in [6, 6.07) is -0.559. The quantitative estimate of drug-likeness (QED) is 0.0326. The van der Waals surface area contributed by atoms with Crippen LogP contribution in [-0.2, 0) is 14.3 Å². The van der Waals surface area contributed by atoms with E-state index in [4.69, 9.17) is 4.74 Å². The number of nitrogens with one attached hydrogen (secondary N) is 1. The fourth-order valence-corrected chi connectivity index (χ4v) is 6.96. The highest BCUT2D eigenvalue weighted by Gasteiger charge is 2.20. The van der Waals surface area contributed by atoms with Crippen LogP contribution < -0.4 is 5.32 Å². The van der Waals surface area contributed by atoms with E-state index >= 15 is 0 Å². The first-order valence-corrected chi connectivity index (χ1v) is 23.7. The molecule has 0 heterocycles. The Bertz CT molecular complexity index is 900. The van der Waals surface area contributed by atoms with Crippen LogP contribution in [0.15, 0.2) is 36.5 Å². The zero-order valence-electron chi connectivity index (χ0n) is 36.4. The third-order valence-corrected chi connectivity index (χ3v) is 10.7. The van der Waals surface area contributed by atoms with Crippen LogP contribution in [-0.4, -0.2) is 47.4 Å². The highest BCUT2D eigenvalue weighted by Crippen LogP contribution is 2.14. The smallest absolute Gasteiger partial charge is 0.305 e. The van der Waals surface area contributed by atoms with Gasteiger partial charge in [-0.1, -0.05) is 172 Å². The number of carbonyl (C=O) groups is 2. The van der Waals surface area contributed by atoms with Crippen LogP contribution in [0.1, 0.15) is 239 Å². The molecular weight excluding hydrogens is 683 g/mol.